The lowest BCUT2D eigenvalue weighted by Gasteiger charge is -2.64. The second kappa shape index (κ2) is 5.58. The van der Waals surface area contributed by atoms with E-state index in [-0.39, 0.29) is 25.0 Å². The second-order valence-corrected chi connectivity index (χ2v) is 8.53. The van der Waals surface area contributed by atoms with Crippen LogP contribution in [0.1, 0.15) is 43.4 Å². The number of hydrogen-bond acceptors (Lipinski definition) is 3. The largest absolute Gasteiger partial charge is 0.461 e. The van der Waals surface area contributed by atoms with Crippen molar-refractivity contribution in [1.29, 1.82) is 0 Å². The fourth-order valence-electron chi connectivity index (χ4n) is 5.35. The number of primary amides is 1. The third kappa shape index (κ3) is 2.39. The zero-order valence-corrected chi connectivity index (χ0v) is 15.5. The van der Waals surface area contributed by atoms with Crippen molar-refractivity contribution in [2.24, 2.45) is 23.0 Å². The van der Waals surface area contributed by atoms with Gasteiger partial charge in [0.05, 0.1) is 17.1 Å². The maximum absolute atomic E-state index is 12.0. The number of aryl methyl sites for hydroxylation is 2. The highest BCUT2D eigenvalue weighted by molar-refractivity contribution is 6.49. The van der Waals surface area contributed by atoms with Gasteiger partial charge in [-0.15, -0.1) is 0 Å². The SMILES string of the molecule is Cc1ccc(C[CH]B2O[C@@H]3C[C@@H]4C[C@H]([C@]3(C)O2)[C@]4(C)C(N)=O)c(C)c1. The highest BCUT2D eigenvalue weighted by Crippen LogP contribution is 2.65. The Morgan fingerprint density at radius 3 is 2.80 bits per heavy atom. The number of hydrogen-bond donors (Lipinski definition) is 1. The predicted octanol–water partition coefficient (Wildman–Crippen LogP) is 2.78. The van der Waals surface area contributed by atoms with Crippen LogP contribution in [-0.4, -0.2) is 24.7 Å². The van der Waals surface area contributed by atoms with Gasteiger partial charge >= 0.3 is 7.12 Å². The molecule has 1 aromatic carbocycles. The van der Waals surface area contributed by atoms with Crippen LogP contribution >= 0.6 is 0 Å². The summed E-state index contributed by atoms with van der Waals surface area (Å²) in [4.78, 5) is 12.0. The first-order valence-corrected chi connectivity index (χ1v) is 9.27. The molecule has 1 radical (unpaired) electrons. The monoisotopic (exact) mass is 340 g/mol. The highest BCUT2D eigenvalue weighted by atomic mass is 16.7. The molecule has 4 nitrogen and oxygen atoms in total. The number of carbonyl (C=O) groups is 1. The van der Waals surface area contributed by atoms with Crippen molar-refractivity contribution in [2.45, 2.75) is 58.7 Å². The van der Waals surface area contributed by atoms with Gasteiger partial charge in [-0.25, -0.2) is 0 Å². The quantitative estimate of drug-likeness (QED) is 0.858. The molecule has 2 N–H and O–H groups in total. The molecule has 3 aliphatic carbocycles. The molecule has 0 spiro atoms. The molecule has 1 saturated heterocycles. The van der Waals surface area contributed by atoms with E-state index in [1.807, 2.05) is 6.92 Å². The van der Waals surface area contributed by atoms with Crippen molar-refractivity contribution in [3.05, 3.63) is 41.2 Å². The molecular weight excluding hydrogens is 313 g/mol. The zero-order chi connectivity index (χ0) is 18.0. The maximum Gasteiger partial charge on any atom is 0.461 e. The van der Waals surface area contributed by atoms with Gasteiger partial charge in [-0.2, -0.15) is 0 Å². The lowest BCUT2D eigenvalue weighted by molar-refractivity contribution is -0.207. The molecule has 0 aromatic heterocycles. The minimum atomic E-state index is -0.447. The van der Waals surface area contributed by atoms with Crippen molar-refractivity contribution >= 4 is 13.0 Å². The Balaban J connectivity index is 1.45. The summed E-state index contributed by atoms with van der Waals surface area (Å²) < 4.78 is 12.5. The Morgan fingerprint density at radius 1 is 1.36 bits per heavy atom. The molecule has 4 aliphatic rings. The van der Waals surface area contributed by atoms with E-state index in [2.05, 4.69) is 45.3 Å². The Kier molecular flexibility index (Phi) is 3.82. The van der Waals surface area contributed by atoms with Gasteiger partial charge in [0.2, 0.25) is 5.91 Å². The van der Waals surface area contributed by atoms with E-state index >= 15 is 0 Å². The first kappa shape index (κ1) is 17.1. The number of rotatable bonds is 4. The first-order chi connectivity index (χ1) is 11.7. The van der Waals surface area contributed by atoms with E-state index < -0.39 is 11.0 Å². The minimum Gasteiger partial charge on any atom is -0.405 e. The average Bonchev–Trinajstić information content (AvgIpc) is 2.88. The second-order valence-electron chi connectivity index (χ2n) is 8.53. The van der Waals surface area contributed by atoms with Crippen LogP contribution in [0.25, 0.3) is 0 Å². The van der Waals surface area contributed by atoms with E-state index in [0.717, 1.165) is 19.3 Å². The van der Waals surface area contributed by atoms with Crippen LogP contribution in [0.15, 0.2) is 18.2 Å². The van der Waals surface area contributed by atoms with Gasteiger partial charge in [-0.1, -0.05) is 30.7 Å². The first-order valence-electron chi connectivity index (χ1n) is 9.27. The standard InChI is InChI=1S/C20H27BNO3/c1-12-5-6-14(13(2)9-12)7-8-21-24-17-11-15-10-16(20(17,4)25-21)19(15,3)18(22)23/h5-6,8-9,15-17H,7,10-11H2,1-4H3,(H2,22,23)/t15-,16-,17+,19+,20-/m0/s1. The van der Waals surface area contributed by atoms with Gasteiger partial charge in [-0.05, 0) is 63.4 Å². The Morgan fingerprint density at radius 2 is 2.12 bits per heavy atom. The van der Waals surface area contributed by atoms with Crippen molar-refractivity contribution in [3.63, 3.8) is 0 Å². The van der Waals surface area contributed by atoms with Crippen molar-refractivity contribution < 1.29 is 14.1 Å². The summed E-state index contributed by atoms with van der Waals surface area (Å²) in [6.45, 7) is 8.35. The predicted molar refractivity (Wildman–Crippen MR) is 97.6 cm³/mol. The van der Waals surface area contributed by atoms with Crippen LogP contribution in [-0.2, 0) is 20.5 Å². The van der Waals surface area contributed by atoms with E-state index in [0.29, 0.717) is 5.92 Å². The van der Waals surface area contributed by atoms with Crippen LogP contribution < -0.4 is 5.73 Å². The van der Waals surface area contributed by atoms with Gasteiger partial charge in [0.1, 0.15) is 0 Å². The van der Waals surface area contributed by atoms with Crippen LogP contribution in [0.4, 0.5) is 0 Å². The summed E-state index contributed by atoms with van der Waals surface area (Å²) in [6, 6.07) is 6.51. The molecule has 1 aromatic rings. The third-order valence-corrected chi connectivity index (χ3v) is 7.15. The summed E-state index contributed by atoms with van der Waals surface area (Å²) in [6.07, 6.45) is 4.87. The molecule has 5 rings (SSSR count). The van der Waals surface area contributed by atoms with Crippen molar-refractivity contribution in [1.82, 2.24) is 0 Å². The topological polar surface area (TPSA) is 61.6 Å². The molecule has 5 atom stereocenters. The van der Waals surface area contributed by atoms with Crippen molar-refractivity contribution in [3.8, 4) is 0 Å². The van der Waals surface area contributed by atoms with E-state index in [4.69, 9.17) is 15.0 Å². The fraction of sp³-hybridized carbons (Fsp3) is 0.600. The smallest absolute Gasteiger partial charge is 0.405 e. The third-order valence-electron chi connectivity index (χ3n) is 7.15. The van der Waals surface area contributed by atoms with Crippen LogP contribution in [0, 0.1) is 37.4 Å². The van der Waals surface area contributed by atoms with E-state index in [9.17, 15) is 4.79 Å². The van der Waals surface area contributed by atoms with Gasteiger partial charge in [0.15, 0.2) is 0 Å². The molecule has 2 bridgehead atoms. The molecular formula is C20H27BNO3. The number of carbonyl (C=O) groups excluding carboxylic acids is 1. The number of nitrogens with two attached hydrogens (primary N) is 1. The molecule has 0 unspecified atom stereocenters. The molecule has 1 amide bonds. The molecule has 1 heterocycles. The molecule has 133 valence electrons. The number of benzene rings is 1. The Hall–Kier alpha value is -1.33. The van der Waals surface area contributed by atoms with E-state index in [1.165, 1.54) is 16.7 Å². The normalized spacial score (nSPS) is 39.0. The van der Waals surface area contributed by atoms with Crippen LogP contribution in [0.3, 0.4) is 0 Å². The minimum absolute atomic E-state index is 0.0593. The Labute approximate surface area is 150 Å². The Bertz CT molecular complexity index is 723. The molecule has 5 heteroatoms. The summed E-state index contributed by atoms with van der Waals surface area (Å²) in [7, 11) is -0.313. The highest BCUT2D eigenvalue weighted by Gasteiger charge is 2.71. The van der Waals surface area contributed by atoms with Gasteiger partial charge < -0.3 is 15.0 Å². The fourth-order valence-corrected chi connectivity index (χ4v) is 5.35. The molecule has 25 heavy (non-hydrogen) atoms. The maximum atomic E-state index is 12.0. The van der Waals surface area contributed by atoms with Gasteiger partial charge in [-0.3, -0.25) is 4.79 Å². The summed E-state index contributed by atoms with van der Waals surface area (Å²) in [5.74, 6) is 0.287. The van der Waals surface area contributed by atoms with Crippen molar-refractivity contribution in [2.75, 3.05) is 0 Å². The lowest BCUT2D eigenvalue weighted by Crippen LogP contribution is -2.70. The number of amides is 1. The van der Waals surface area contributed by atoms with Gasteiger partial charge in [0.25, 0.3) is 0 Å². The lowest BCUT2D eigenvalue weighted by atomic mass is 9.42. The molecule has 4 fully saturated rings. The van der Waals surface area contributed by atoms with E-state index in [1.54, 1.807) is 0 Å². The summed E-state index contributed by atoms with van der Waals surface area (Å²) in [5.41, 5.74) is 8.72. The zero-order valence-electron chi connectivity index (χ0n) is 15.5. The molecule has 3 saturated carbocycles. The van der Waals surface area contributed by atoms with Crippen LogP contribution in [0.2, 0.25) is 0 Å². The summed E-state index contributed by atoms with van der Waals surface area (Å²) >= 11 is 0. The summed E-state index contributed by atoms with van der Waals surface area (Å²) in [5, 5.41) is 0. The van der Waals surface area contributed by atoms with Gasteiger partial charge in [0, 0.05) is 5.92 Å². The van der Waals surface area contributed by atoms with Crippen LogP contribution in [0.5, 0.6) is 0 Å². The average molecular weight is 340 g/mol. The molecule has 1 aliphatic heterocycles.